The Kier molecular flexibility index (Phi) is 11.3. The van der Waals surface area contributed by atoms with E-state index in [-0.39, 0.29) is 17.2 Å². The third-order valence-corrected chi connectivity index (χ3v) is 16.2. The van der Waals surface area contributed by atoms with Crippen LogP contribution >= 0.6 is 0 Å². The van der Waals surface area contributed by atoms with E-state index in [2.05, 4.69) is 196 Å². The molecule has 12 aromatic rings. The van der Waals surface area contributed by atoms with E-state index in [0.717, 1.165) is 127 Å². The molecule has 0 fully saturated rings. The number of nitriles is 1. The summed E-state index contributed by atoms with van der Waals surface area (Å²) < 4.78 is 93.3. The summed E-state index contributed by atoms with van der Waals surface area (Å²) in [6.45, 7) is 14.6. The Labute approximate surface area is 459 Å². The molecule has 4 bridgehead atoms. The Morgan fingerprint density at radius 1 is 0.350 bits per heavy atom. The smallest absolute Gasteiger partial charge is 0.307 e. The molecule has 0 saturated carbocycles. The monoisotopic (exact) mass is 1060 g/mol. The fourth-order valence-corrected chi connectivity index (χ4v) is 13.1. The standard InChI is InChI=1S/C71H51F6N3/c1-39-9-8-10-46(22-39)47-11-15-58-60-17-13-52-35-65(60)79(63(58)31-47)67-33-51(38-78)62(50-29-56(70(72,73)74)34-57(30-50)71(75,76)77)37-68(67)80-64-32-48(49-23-40(2)19-41(3)24-49)12-16-59(64)61-18-14-53(36-66(61)80)69(52,54-25-42(4)20-43(5)26-54)55-27-44(6)21-45(7)28-55/h8-37H,1-7H3. The summed E-state index contributed by atoms with van der Waals surface area (Å²) in [5.41, 5.74) is 14.8. The second-order valence-electron chi connectivity index (χ2n) is 22.1. The number of hydrogen-bond acceptors (Lipinski definition) is 1. The van der Waals surface area contributed by atoms with Crippen LogP contribution in [0.3, 0.4) is 0 Å². The lowest BCUT2D eigenvalue weighted by Gasteiger charge is -2.38. The normalized spacial score (nSPS) is 13.2. The van der Waals surface area contributed by atoms with Crippen molar-refractivity contribution >= 4 is 43.6 Å². The van der Waals surface area contributed by atoms with Crippen LogP contribution in [0, 0.1) is 59.8 Å². The summed E-state index contributed by atoms with van der Waals surface area (Å²) in [5.74, 6) is 0. The Morgan fingerprint density at radius 2 is 0.750 bits per heavy atom. The summed E-state index contributed by atoms with van der Waals surface area (Å²) in [5, 5.41) is 14.9. The number of aromatic nitrogens is 2. The van der Waals surface area contributed by atoms with Crippen molar-refractivity contribution < 1.29 is 26.3 Å². The van der Waals surface area contributed by atoms with Crippen LogP contribution in [0.1, 0.15) is 77.9 Å². The van der Waals surface area contributed by atoms with Crippen molar-refractivity contribution in [1.82, 2.24) is 9.13 Å². The fraction of sp³-hybridized carbons (Fsp3) is 0.141. The Balaban J connectivity index is 1.29. The summed E-state index contributed by atoms with van der Waals surface area (Å²) >= 11 is 0. The maximum Gasteiger partial charge on any atom is 0.416 e. The number of nitrogens with zero attached hydrogens (tertiary/aromatic N) is 3. The molecular weight excluding hydrogens is 1010 g/mol. The van der Waals surface area contributed by atoms with E-state index in [9.17, 15) is 31.6 Å². The topological polar surface area (TPSA) is 33.6 Å². The zero-order valence-corrected chi connectivity index (χ0v) is 44.9. The maximum absolute atomic E-state index is 14.8. The summed E-state index contributed by atoms with van der Waals surface area (Å²) in [7, 11) is 0. The van der Waals surface area contributed by atoms with Crippen LogP contribution in [0.4, 0.5) is 26.3 Å². The average molecular weight is 1060 g/mol. The predicted molar refractivity (Wildman–Crippen MR) is 311 cm³/mol. The van der Waals surface area contributed by atoms with Crippen molar-refractivity contribution in [3.05, 3.63) is 260 Å². The van der Waals surface area contributed by atoms with E-state index in [1.807, 2.05) is 19.1 Å². The molecule has 3 heterocycles. The minimum Gasteiger partial charge on any atom is -0.307 e. The van der Waals surface area contributed by atoms with E-state index in [4.69, 9.17) is 0 Å². The zero-order valence-electron chi connectivity index (χ0n) is 44.9. The predicted octanol–water partition coefficient (Wildman–Crippen LogP) is 19.6. The van der Waals surface area contributed by atoms with Gasteiger partial charge in [0, 0.05) is 27.1 Å². The number of fused-ring (bicyclic) bond motifs is 11. The molecular formula is C71H51F6N3. The summed E-state index contributed by atoms with van der Waals surface area (Å²) in [6, 6.07) is 61.0. The fourth-order valence-electron chi connectivity index (χ4n) is 13.1. The minimum atomic E-state index is -5.14. The van der Waals surface area contributed by atoms with Gasteiger partial charge in [-0.3, -0.25) is 0 Å². The third-order valence-electron chi connectivity index (χ3n) is 16.2. The molecule has 1 aliphatic rings. The minimum absolute atomic E-state index is 0.0870. The number of aryl methyl sites for hydroxylation is 7. The number of halogens is 6. The lowest BCUT2D eigenvalue weighted by atomic mass is 9.64. The molecule has 1 aliphatic heterocycles. The Morgan fingerprint density at radius 3 is 1.20 bits per heavy atom. The Hall–Kier alpha value is -9.13. The van der Waals surface area contributed by atoms with Crippen molar-refractivity contribution in [2.45, 2.75) is 66.2 Å². The van der Waals surface area contributed by atoms with Gasteiger partial charge < -0.3 is 9.13 Å². The summed E-state index contributed by atoms with van der Waals surface area (Å²) in [6.07, 6.45) is -10.3. The van der Waals surface area contributed by atoms with E-state index >= 15 is 0 Å². The molecule has 0 radical (unpaired) electrons. The van der Waals surface area contributed by atoms with Gasteiger partial charge in [0.05, 0.1) is 61.6 Å². The van der Waals surface area contributed by atoms with Gasteiger partial charge in [-0.25, -0.2) is 0 Å². The molecule has 0 N–H and O–H groups in total. The summed E-state index contributed by atoms with van der Waals surface area (Å²) in [4.78, 5) is 0. The lowest BCUT2D eigenvalue weighted by Crippen LogP contribution is -2.31. The molecule has 392 valence electrons. The van der Waals surface area contributed by atoms with Crippen LogP contribution < -0.4 is 0 Å². The van der Waals surface area contributed by atoms with E-state index in [1.54, 1.807) is 12.1 Å². The first-order valence-electron chi connectivity index (χ1n) is 26.6. The van der Waals surface area contributed by atoms with Crippen LogP contribution in [0.15, 0.2) is 182 Å². The molecule has 10 aromatic carbocycles. The second kappa shape index (κ2) is 18.0. The van der Waals surface area contributed by atoms with Crippen molar-refractivity contribution in [1.29, 1.82) is 5.26 Å². The van der Waals surface area contributed by atoms with Crippen molar-refractivity contribution in [2.24, 2.45) is 0 Å². The van der Waals surface area contributed by atoms with Crippen molar-refractivity contribution in [2.75, 3.05) is 0 Å². The number of benzene rings is 10. The van der Waals surface area contributed by atoms with Crippen LogP contribution in [0.2, 0.25) is 0 Å². The van der Waals surface area contributed by atoms with Gasteiger partial charge in [0.2, 0.25) is 0 Å². The maximum atomic E-state index is 14.8. The molecule has 13 rings (SSSR count). The highest BCUT2D eigenvalue weighted by Crippen LogP contribution is 2.52. The van der Waals surface area contributed by atoms with Gasteiger partial charge >= 0.3 is 12.4 Å². The van der Waals surface area contributed by atoms with Crippen molar-refractivity contribution in [3.8, 4) is 50.8 Å². The van der Waals surface area contributed by atoms with Crippen LogP contribution in [-0.2, 0) is 17.8 Å². The second-order valence-corrected chi connectivity index (χ2v) is 22.1. The number of rotatable bonds is 5. The lowest BCUT2D eigenvalue weighted by molar-refractivity contribution is -0.143. The van der Waals surface area contributed by atoms with Gasteiger partial charge in [0.25, 0.3) is 0 Å². The molecule has 0 amide bonds. The van der Waals surface area contributed by atoms with Gasteiger partial charge in [-0.15, -0.1) is 0 Å². The van der Waals surface area contributed by atoms with Gasteiger partial charge in [0.15, 0.2) is 0 Å². The molecule has 0 saturated heterocycles. The van der Waals surface area contributed by atoms with Crippen LogP contribution in [0.5, 0.6) is 0 Å². The molecule has 80 heavy (non-hydrogen) atoms. The SMILES string of the molecule is Cc1cccc(-c2ccc3c4ccc5cc4n(c3c2)-c2cc(C#N)c(-c3cc(C(F)(F)F)cc(C(F)(F)F)c3)cc2-n2c3cc(-c4cc(C)cc(C)c4)ccc3c3ccc(cc32)C5(c2cc(C)cc(C)c2)c2cc(C)cc(C)c2)c1. The first kappa shape index (κ1) is 50.4. The third kappa shape index (κ3) is 8.02. The molecule has 0 aliphatic carbocycles. The largest absolute Gasteiger partial charge is 0.416 e. The van der Waals surface area contributed by atoms with Crippen molar-refractivity contribution in [3.63, 3.8) is 0 Å². The quantitative estimate of drug-likeness (QED) is 0.158. The first-order chi connectivity index (χ1) is 38.2. The van der Waals surface area contributed by atoms with Crippen LogP contribution in [-0.4, -0.2) is 9.13 Å². The highest BCUT2D eigenvalue weighted by Gasteiger charge is 2.42. The average Bonchev–Trinajstić information content (AvgIpc) is 2.50. The van der Waals surface area contributed by atoms with Gasteiger partial charge in [0.1, 0.15) is 0 Å². The van der Waals surface area contributed by atoms with Crippen LogP contribution in [0.25, 0.3) is 88.4 Å². The van der Waals surface area contributed by atoms with E-state index in [1.165, 1.54) is 0 Å². The van der Waals surface area contributed by atoms with Gasteiger partial charge in [-0.1, -0.05) is 166 Å². The van der Waals surface area contributed by atoms with E-state index < -0.39 is 34.5 Å². The number of alkyl halides is 6. The molecule has 2 aromatic heterocycles. The molecule has 0 spiro atoms. The van der Waals surface area contributed by atoms with Gasteiger partial charge in [-0.2, -0.15) is 31.6 Å². The van der Waals surface area contributed by atoms with Gasteiger partial charge in [-0.05, 0) is 153 Å². The molecule has 0 atom stereocenters. The molecule has 9 heteroatoms. The zero-order chi connectivity index (χ0) is 55.9. The van der Waals surface area contributed by atoms with E-state index in [0.29, 0.717) is 23.5 Å². The highest BCUT2D eigenvalue weighted by atomic mass is 19.4. The highest BCUT2D eigenvalue weighted by molar-refractivity contribution is 6.13. The Bertz CT molecular complexity index is 4530. The molecule has 0 unspecified atom stereocenters. The number of hydrogen-bond donors (Lipinski definition) is 0. The molecule has 3 nitrogen and oxygen atoms in total. The first-order valence-corrected chi connectivity index (χ1v) is 26.6.